The quantitative estimate of drug-likeness (QED) is 0.482. The molecule has 0 aromatic heterocycles. The molecule has 0 fully saturated rings. The summed E-state index contributed by atoms with van der Waals surface area (Å²) in [5.74, 6) is -0.677. The third-order valence-electron chi connectivity index (χ3n) is 3.89. The maximum atomic E-state index is 12.5. The summed E-state index contributed by atoms with van der Waals surface area (Å²) in [6, 6.07) is 15.6. The lowest BCUT2D eigenvalue weighted by Crippen LogP contribution is -2.28. The van der Waals surface area contributed by atoms with Gasteiger partial charge in [0, 0.05) is 18.4 Å². The number of carboxylic acid groups (broad SMARTS) is 1. The van der Waals surface area contributed by atoms with Gasteiger partial charge < -0.3 is 24.4 Å². The number of ether oxygens (including phenoxy) is 3. The molecule has 0 unspecified atom stereocenters. The summed E-state index contributed by atoms with van der Waals surface area (Å²) in [5, 5.41) is 20.6. The molecule has 0 radical (unpaired) electrons. The number of carbonyl (C=O) groups excluding carboxylic acids is 1. The first-order chi connectivity index (χ1) is 14.5. The second-order valence-corrected chi connectivity index (χ2v) is 6.08. The molecule has 0 spiro atoms. The van der Waals surface area contributed by atoms with Crippen LogP contribution < -0.4 is 10.1 Å². The van der Waals surface area contributed by atoms with Gasteiger partial charge >= 0.3 is 12.1 Å². The van der Waals surface area contributed by atoms with Crippen LogP contribution in [0, 0.1) is 0 Å². The van der Waals surface area contributed by atoms with Crippen molar-refractivity contribution in [1.82, 2.24) is 0 Å². The van der Waals surface area contributed by atoms with Crippen molar-refractivity contribution in [2.75, 3.05) is 25.1 Å². The summed E-state index contributed by atoms with van der Waals surface area (Å²) in [4.78, 5) is 23.5. The van der Waals surface area contributed by atoms with Crippen LogP contribution in [0.3, 0.4) is 0 Å². The minimum absolute atomic E-state index is 0.108. The van der Waals surface area contributed by atoms with E-state index in [9.17, 15) is 9.59 Å². The zero-order valence-corrected chi connectivity index (χ0v) is 16.6. The fourth-order valence-electron chi connectivity index (χ4n) is 2.67. The van der Waals surface area contributed by atoms with Crippen molar-refractivity contribution in [3.05, 3.63) is 72.3 Å². The number of amides is 1. The van der Waals surface area contributed by atoms with Crippen LogP contribution in [0.4, 0.5) is 10.5 Å². The largest absolute Gasteiger partial charge is 0.491 e. The van der Waals surface area contributed by atoms with Gasteiger partial charge in [0.1, 0.15) is 18.5 Å². The summed E-state index contributed by atoms with van der Waals surface area (Å²) >= 11 is 0. The maximum absolute atomic E-state index is 12.5. The predicted molar refractivity (Wildman–Crippen MR) is 110 cm³/mol. The number of para-hydroxylation sites is 1. The molecule has 0 bridgehead atoms. The van der Waals surface area contributed by atoms with Gasteiger partial charge in [-0.15, -0.1) is 0 Å². The summed E-state index contributed by atoms with van der Waals surface area (Å²) in [6.45, 7) is 1.99. The Bertz CT molecular complexity index is 838. The van der Waals surface area contributed by atoms with Crippen molar-refractivity contribution in [3.8, 4) is 5.75 Å². The lowest BCUT2D eigenvalue weighted by atomic mass is 10.0. The third-order valence-corrected chi connectivity index (χ3v) is 3.89. The SMILES string of the molecule is CCO[C@@H](/C=C/C(=O)O)[C@@H](OC(=O)Nc1ccccc1)c1cccc(OCCO)c1. The highest BCUT2D eigenvalue weighted by atomic mass is 16.6. The van der Waals surface area contributed by atoms with Crippen molar-refractivity contribution >= 4 is 17.7 Å². The average molecular weight is 415 g/mol. The van der Waals surface area contributed by atoms with E-state index >= 15 is 0 Å². The second kappa shape index (κ2) is 12.3. The van der Waals surface area contributed by atoms with E-state index < -0.39 is 24.3 Å². The molecule has 0 saturated heterocycles. The summed E-state index contributed by atoms with van der Waals surface area (Å²) < 4.78 is 16.7. The van der Waals surface area contributed by atoms with Gasteiger partial charge in [-0.3, -0.25) is 5.32 Å². The molecular weight excluding hydrogens is 390 g/mol. The molecular formula is C22H25NO7. The van der Waals surface area contributed by atoms with E-state index in [-0.39, 0.29) is 19.8 Å². The lowest BCUT2D eigenvalue weighted by molar-refractivity contribution is -0.131. The number of carboxylic acids is 1. The molecule has 3 N–H and O–H groups in total. The van der Waals surface area contributed by atoms with Crippen molar-refractivity contribution in [3.63, 3.8) is 0 Å². The highest BCUT2D eigenvalue weighted by Crippen LogP contribution is 2.28. The van der Waals surface area contributed by atoms with Crippen LogP contribution in [-0.2, 0) is 14.3 Å². The molecule has 0 saturated carbocycles. The summed E-state index contributed by atoms with van der Waals surface area (Å²) in [5.41, 5.74) is 1.09. The number of benzene rings is 2. The first kappa shape index (κ1) is 22.9. The lowest BCUT2D eigenvalue weighted by Gasteiger charge is -2.25. The van der Waals surface area contributed by atoms with Gasteiger partial charge in [-0.2, -0.15) is 0 Å². The Morgan fingerprint density at radius 2 is 1.90 bits per heavy atom. The van der Waals surface area contributed by atoms with E-state index in [1.54, 1.807) is 55.5 Å². The molecule has 8 heteroatoms. The first-order valence-electron chi connectivity index (χ1n) is 9.42. The van der Waals surface area contributed by atoms with Gasteiger partial charge in [0.05, 0.1) is 6.61 Å². The normalized spacial score (nSPS) is 12.9. The zero-order valence-electron chi connectivity index (χ0n) is 16.6. The second-order valence-electron chi connectivity index (χ2n) is 6.08. The topological polar surface area (TPSA) is 114 Å². The molecule has 2 aromatic carbocycles. The number of aliphatic hydroxyl groups is 1. The van der Waals surface area contributed by atoms with E-state index in [4.69, 9.17) is 24.4 Å². The standard InChI is InChI=1S/C22H25NO7/c1-2-28-19(11-12-20(25)26)21(16-7-6-10-18(15-16)29-14-13-24)30-22(27)23-17-8-4-3-5-9-17/h3-12,15,19,21,24H,2,13-14H2,1H3,(H,23,27)(H,25,26)/b12-11+/t19-,21-/m0/s1. The van der Waals surface area contributed by atoms with Gasteiger partial charge in [0.2, 0.25) is 0 Å². The highest BCUT2D eigenvalue weighted by molar-refractivity contribution is 5.84. The van der Waals surface area contributed by atoms with Crippen molar-refractivity contribution in [2.45, 2.75) is 19.1 Å². The number of nitrogens with one attached hydrogen (secondary N) is 1. The predicted octanol–water partition coefficient (Wildman–Crippen LogP) is 3.39. The van der Waals surface area contributed by atoms with Gasteiger partial charge in [0.25, 0.3) is 0 Å². The van der Waals surface area contributed by atoms with Crippen LogP contribution in [0.15, 0.2) is 66.7 Å². The van der Waals surface area contributed by atoms with E-state index in [0.29, 0.717) is 17.0 Å². The molecule has 160 valence electrons. The van der Waals surface area contributed by atoms with Crippen molar-refractivity contribution in [2.24, 2.45) is 0 Å². The minimum Gasteiger partial charge on any atom is -0.491 e. The van der Waals surface area contributed by atoms with Crippen LogP contribution in [0.1, 0.15) is 18.6 Å². The molecule has 0 heterocycles. The van der Waals surface area contributed by atoms with Crippen LogP contribution >= 0.6 is 0 Å². The number of aliphatic hydroxyl groups excluding tert-OH is 1. The molecule has 2 aromatic rings. The van der Waals surface area contributed by atoms with Gasteiger partial charge in [0.15, 0.2) is 6.10 Å². The summed E-state index contributed by atoms with van der Waals surface area (Å²) in [7, 11) is 0. The van der Waals surface area contributed by atoms with Crippen molar-refractivity contribution in [1.29, 1.82) is 0 Å². The van der Waals surface area contributed by atoms with Crippen LogP contribution in [0.2, 0.25) is 0 Å². The van der Waals surface area contributed by atoms with E-state index in [1.807, 2.05) is 6.07 Å². The van der Waals surface area contributed by atoms with Gasteiger partial charge in [-0.05, 0) is 42.8 Å². The molecule has 0 aliphatic heterocycles. The Balaban J connectivity index is 2.30. The molecule has 0 aliphatic rings. The zero-order chi connectivity index (χ0) is 21.8. The molecule has 8 nitrogen and oxygen atoms in total. The van der Waals surface area contributed by atoms with Crippen LogP contribution in [0.25, 0.3) is 0 Å². The number of hydrogen-bond donors (Lipinski definition) is 3. The third kappa shape index (κ3) is 7.57. The number of hydrogen-bond acceptors (Lipinski definition) is 6. The van der Waals surface area contributed by atoms with Crippen LogP contribution in [-0.4, -0.2) is 48.2 Å². The Morgan fingerprint density at radius 1 is 1.13 bits per heavy atom. The molecule has 1 amide bonds. The fraction of sp³-hybridized carbons (Fsp3) is 0.273. The van der Waals surface area contributed by atoms with Crippen molar-refractivity contribution < 1.29 is 34.0 Å². The Kier molecular flexibility index (Phi) is 9.36. The minimum atomic E-state index is -1.15. The molecule has 30 heavy (non-hydrogen) atoms. The molecule has 0 aliphatic carbocycles. The summed E-state index contributed by atoms with van der Waals surface area (Å²) in [6.07, 6.45) is -0.241. The molecule has 2 atom stereocenters. The monoisotopic (exact) mass is 415 g/mol. The fourth-order valence-corrected chi connectivity index (χ4v) is 2.67. The van der Waals surface area contributed by atoms with E-state index in [0.717, 1.165) is 6.08 Å². The van der Waals surface area contributed by atoms with E-state index in [1.165, 1.54) is 6.08 Å². The molecule has 2 rings (SSSR count). The maximum Gasteiger partial charge on any atom is 0.412 e. The van der Waals surface area contributed by atoms with E-state index in [2.05, 4.69) is 5.32 Å². The van der Waals surface area contributed by atoms with Gasteiger partial charge in [-0.25, -0.2) is 9.59 Å². The Labute approximate surface area is 174 Å². The van der Waals surface area contributed by atoms with Crippen LogP contribution in [0.5, 0.6) is 5.75 Å². The average Bonchev–Trinajstić information content (AvgIpc) is 2.74. The van der Waals surface area contributed by atoms with Gasteiger partial charge in [-0.1, -0.05) is 30.3 Å². The Hall–Kier alpha value is -3.36. The smallest absolute Gasteiger partial charge is 0.412 e. The highest BCUT2D eigenvalue weighted by Gasteiger charge is 2.27. The Morgan fingerprint density at radius 3 is 2.57 bits per heavy atom. The first-order valence-corrected chi connectivity index (χ1v) is 9.42. The number of rotatable bonds is 11. The number of anilines is 1. The number of carbonyl (C=O) groups is 2. The number of aliphatic carboxylic acids is 1.